The SMILES string of the molecule is O=C(CSc1nnc(-c2ccccc2F)n1C1CC1)N(Cc1ccccc1)c1ccccc1. The maximum absolute atomic E-state index is 14.4. The Morgan fingerprint density at radius 1 is 0.939 bits per heavy atom. The molecule has 33 heavy (non-hydrogen) atoms. The largest absolute Gasteiger partial charge is 0.307 e. The minimum atomic E-state index is -0.322. The number of aromatic nitrogens is 3. The first-order valence-electron chi connectivity index (χ1n) is 10.9. The van der Waals surface area contributed by atoms with E-state index in [9.17, 15) is 9.18 Å². The minimum Gasteiger partial charge on any atom is -0.307 e. The molecular formula is C26H23FN4OS. The highest BCUT2D eigenvalue weighted by molar-refractivity contribution is 7.99. The number of amides is 1. The quantitative estimate of drug-likeness (QED) is 0.316. The summed E-state index contributed by atoms with van der Waals surface area (Å²) in [5, 5.41) is 9.26. The maximum atomic E-state index is 14.4. The summed E-state index contributed by atoms with van der Waals surface area (Å²) in [7, 11) is 0. The molecule has 1 saturated carbocycles. The first kappa shape index (κ1) is 21.4. The number of benzene rings is 3. The first-order chi connectivity index (χ1) is 16.2. The summed E-state index contributed by atoms with van der Waals surface area (Å²) < 4.78 is 16.4. The van der Waals surface area contributed by atoms with Gasteiger partial charge in [-0.3, -0.25) is 9.36 Å². The normalized spacial score (nSPS) is 13.1. The molecule has 1 aromatic heterocycles. The molecule has 166 valence electrons. The average Bonchev–Trinajstić information content (AvgIpc) is 3.61. The smallest absolute Gasteiger partial charge is 0.237 e. The van der Waals surface area contributed by atoms with Crippen LogP contribution in [0.5, 0.6) is 0 Å². The lowest BCUT2D eigenvalue weighted by Gasteiger charge is -2.23. The van der Waals surface area contributed by atoms with Crippen molar-refractivity contribution < 1.29 is 9.18 Å². The van der Waals surface area contributed by atoms with Crippen molar-refractivity contribution in [3.63, 3.8) is 0 Å². The molecule has 0 unspecified atom stereocenters. The summed E-state index contributed by atoms with van der Waals surface area (Å²) in [5.74, 6) is 0.393. The van der Waals surface area contributed by atoms with E-state index >= 15 is 0 Å². The lowest BCUT2D eigenvalue weighted by atomic mass is 10.2. The van der Waals surface area contributed by atoms with Gasteiger partial charge in [0.1, 0.15) is 5.82 Å². The lowest BCUT2D eigenvalue weighted by molar-refractivity contribution is -0.116. The van der Waals surface area contributed by atoms with E-state index in [0.29, 0.717) is 23.1 Å². The number of hydrogen-bond donors (Lipinski definition) is 0. The second kappa shape index (κ2) is 9.58. The average molecular weight is 459 g/mol. The number of halogens is 1. The molecule has 1 aliphatic rings. The molecule has 0 spiro atoms. The van der Waals surface area contributed by atoms with Gasteiger partial charge >= 0.3 is 0 Å². The second-order valence-corrected chi connectivity index (χ2v) is 8.92. The number of anilines is 1. The van der Waals surface area contributed by atoms with E-state index in [2.05, 4.69) is 10.2 Å². The molecule has 1 fully saturated rings. The van der Waals surface area contributed by atoms with Crippen LogP contribution in [-0.2, 0) is 11.3 Å². The van der Waals surface area contributed by atoms with Gasteiger partial charge in [0.2, 0.25) is 5.91 Å². The van der Waals surface area contributed by atoms with Crippen molar-refractivity contribution in [2.45, 2.75) is 30.6 Å². The van der Waals surface area contributed by atoms with Crippen LogP contribution in [0.3, 0.4) is 0 Å². The molecule has 0 radical (unpaired) electrons. The summed E-state index contributed by atoms with van der Waals surface area (Å²) >= 11 is 1.35. The molecule has 1 aliphatic carbocycles. The minimum absolute atomic E-state index is 0.0205. The van der Waals surface area contributed by atoms with E-state index < -0.39 is 0 Å². The summed E-state index contributed by atoms with van der Waals surface area (Å²) in [5.41, 5.74) is 2.34. The zero-order chi connectivity index (χ0) is 22.6. The van der Waals surface area contributed by atoms with E-state index in [1.54, 1.807) is 23.1 Å². The molecule has 3 aromatic carbocycles. The van der Waals surface area contributed by atoms with Crippen LogP contribution in [0.1, 0.15) is 24.4 Å². The Bertz CT molecular complexity index is 1240. The van der Waals surface area contributed by atoms with Gasteiger partial charge in [0.15, 0.2) is 11.0 Å². The highest BCUT2D eigenvalue weighted by Crippen LogP contribution is 2.41. The van der Waals surface area contributed by atoms with Crippen molar-refractivity contribution in [3.05, 3.63) is 96.3 Å². The van der Waals surface area contributed by atoms with Crippen LogP contribution in [0.4, 0.5) is 10.1 Å². The van der Waals surface area contributed by atoms with E-state index in [1.807, 2.05) is 65.2 Å². The molecular weight excluding hydrogens is 435 g/mol. The van der Waals surface area contributed by atoms with Crippen LogP contribution in [0.2, 0.25) is 0 Å². The summed E-state index contributed by atoms with van der Waals surface area (Å²) in [4.78, 5) is 15.1. The fourth-order valence-corrected chi connectivity index (χ4v) is 4.65. The second-order valence-electron chi connectivity index (χ2n) is 7.98. The van der Waals surface area contributed by atoms with Crippen LogP contribution < -0.4 is 4.90 Å². The topological polar surface area (TPSA) is 51.0 Å². The Labute approximate surface area is 196 Å². The number of hydrogen-bond acceptors (Lipinski definition) is 4. The van der Waals surface area contributed by atoms with Crippen molar-refractivity contribution in [3.8, 4) is 11.4 Å². The number of carbonyl (C=O) groups is 1. The third-order valence-corrected chi connectivity index (χ3v) is 6.50. The van der Waals surface area contributed by atoms with Gasteiger partial charge in [-0.2, -0.15) is 0 Å². The maximum Gasteiger partial charge on any atom is 0.237 e. The molecule has 0 saturated heterocycles. The molecule has 7 heteroatoms. The van der Waals surface area contributed by atoms with Crippen LogP contribution in [0.15, 0.2) is 90.1 Å². The molecule has 1 amide bonds. The highest BCUT2D eigenvalue weighted by Gasteiger charge is 2.31. The van der Waals surface area contributed by atoms with Gasteiger partial charge in [0, 0.05) is 11.7 Å². The predicted molar refractivity (Wildman–Crippen MR) is 128 cm³/mol. The van der Waals surface area contributed by atoms with Crippen molar-refractivity contribution in [2.24, 2.45) is 0 Å². The van der Waals surface area contributed by atoms with Gasteiger partial charge in [0.25, 0.3) is 0 Å². The molecule has 0 bridgehead atoms. The summed E-state index contributed by atoms with van der Waals surface area (Å²) in [6.45, 7) is 0.486. The predicted octanol–water partition coefficient (Wildman–Crippen LogP) is 5.74. The lowest BCUT2D eigenvalue weighted by Crippen LogP contribution is -2.32. The monoisotopic (exact) mass is 458 g/mol. The van der Waals surface area contributed by atoms with Gasteiger partial charge in [0.05, 0.1) is 17.9 Å². The zero-order valence-electron chi connectivity index (χ0n) is 18.0. The Morgan fingerprint density at radius 2 is 1.61 bits per heavy atom. The third kappa shape index (κ3) is 4.83. The van der Waals surface area contributed by atoms with Gasteiger partial charge in [-0.15, -0.1) is 10.2 Å². The van der Waals surface area contributed by atoms with Crippen LogP contribution in [-0.4, -0.2) is 26.4 Å². The number of nitrogens with zero attached hydrogens (tertiary/aromatic N) is 4. The molecule has 1 heterocycles. The van der Waals surface area contributed by atoms with E-state index in [4.69, 9.17) is 0 Å². The Balaban J connectivity index is 1.38. The number of thioether (sulfide) groups is 1. The number of para-hydroxylation sites is 1. The van der Waals surface area contributed by atoms with Gasteiger partial charge in [-0.1, -0.05) is 72.4 Å². The van der Waals surface area contributed by atoms with Crippen molar-refractivity contribution in [1.29, 1.82) is 0 Å². The highest BCUT2D eigenvalue weighted by atomic mass is 32.2. The number of rotatable bonds is 8. The van der Waals surface area contributed by atoms with Crippen molar-refractivity contribution in [2.75, 3.05) is 10.7 Å². The molecule has 0 atom stereocenters. The van der Waals surface area contributed by atoms with Crippen LogP contribution >= 0.6 is 11.8 Å². The standard InChI is InChI=1S/C26H23FN4OS/c27-23-14-8-7-13-22(23)25-28-29-26(31(25)21-15-16-21)33-18-24(32)30(20-11-5-2-6-12-20)17-19-9-3-1-4-10-19/h1-14,21H,15-18H2. The van der Waals surface area contributed by atoms with E-state index in [-0.39, 0.29) is 23.5 Å². The molecule has 5 nitrogen and oxygen atoms in total. The molecule has 0 N–H and O–H groups in total. The van der Waals surface area contributed by atoms with Crippen LogP contribution in [0.25, 0.3) is 11.4 Å². The zero-order valence-corrected chi connectivity index (χ0v) is 18.8. The molecule has 5 rings (SSSR count). The van der Waals surface area contributed by atoms with Crippen LogP contribution in [0, 0.1) is 5.82 Å². The molecule has 0 aliphatic heterocycles. The fourth-order valence-electron chi connectivity index (χ4n) is 3.77. The Morgan fingerprint density at radius 3 is 2.30 bits per heavy atom. The Kier molecular flexibility index (Phi) is 6.21. The van der Waals surface area contributed by atoms with Crippen molar-refractivity contribution >= 4 is 23.4 Å². The van der Waals surface area contributed by atoms with E-state index in [1.165, 1.54) is 17.8 Å². The third-order valence-electron chi connectivity index (χ3n) is 5.57. The summed E-state index contributed by atoms with van der Waals surface area (Å²) in [6.07, 6.45) is 2.01. The molecule has 4 aromatic rings. The van der Waals surface area contributed by atoms with Gasteiger partial charge in [-0.25, -0.2) is 4.39 Å². The van der Waals surface area contributed by atoms with Gasteiger partial charge < -0.3 is 4.90 Å². The Hall–Kier alpha value is -3.45. The van der Waals surface area contributed by atoms with E-state index in [0.717, 1.165) is 24.1 Å². The first-order valence-corrected chi connectivity index (χ1v) is 11.9. The number of carbonyl (C=O) groups excluding carboxylic acids is 1. The fraction of sp³-hybridized carbons (Fsp3) is 0.192. The summed E-state index contributed by atoms with van der Waals surface area (Å²) in [6, 6.07) is 26.5. The van der Waals surface area contributed by atoms with Crippen molar-refractivity contribution in [1.82, 2.24) is 14.8 Å². The van der Waals surface area contributed by atoms with Gasteiger partial charge in [-0.05, 0) is 42.7 Å².